The Morgan fingerprint density at radius 1 is 0.759 bits per heavy atom. The number of furan rings is 1. The molecule has 4 aromatic heterocycles. The number of aromatic nitrogens is 6. The topological polar surface area (TPSA) is 74.0 Å². The summed E-state index contributed by atoms with van der Waals surface area (Å²) in [4.78, 5) is 9.40. The summed E-state index contributed by atoms with van der Waals surface area (Å²) in [5, 5.41) is 10.3. The Morgan fingerprint density at radius 2 is 1.55 bits per heavy atom. The normalized spacial score (nSPS) is 11.4. The van der Waals surface area contributed by atoms with E-state index in [0.29, 0.717) is 17.2 Å². The molecule has 0 fully saturated rings. The van der Waals surface area contributed by atoms with E-state index < -0.39 is 0 Å². The minimum atomic E-state index is 0.510. The van der Waals surface area contributed by atoms with Crippen LogP contribution in [0.3, 0.4) is 0 Å². The molecule has 29 heavy (non-hydrogen) atoms. The fourth-order valence-electron chi connectivity index (χ4n) is 3.48. The molecule has 0 bridgehead atoms. The summed E-state index contributed by atoms with van der Waals surface area (Å²) in [6.07, 6.45) is 3.27. The molecule has 0 radical (unpaired) electrons. The Bertz CT molecular complexity index is 1430. The van der Waals surface area contributed by atoms with Crippen LogP contribution in [0.2, 0.25) is 0 Å². The van der Waals surface area contributed by atoms with Crippen molar-refractivity contribution in [3.05, 3.63) is 85.4 Å². The number of benzene rings is 2. The molecule has 7 heteroatoms. The Balaban J connectivity index is 1.71. The van der Waals surface area contributed by atoms with Gasteiger partial charge in [-0.2, -0.15) is 5.10 Å². The molecule has 0 aliphatic heterocycles. The first-order valence-corrected chi connectivity index (χ1v) is 9.17. The SMILES string of the molecule is c1ccc(-c2nn(-c3ccccc3)c3ncn4nc(-c5ccco5)nc4c23)cc1. The number of hydrogen-bond acceptors (Lipinski definition) is 5. The van der Waals surface area contributed by atoms with E-state index in [1.165, 1.54) is 0 Å². The van der Waals surface area contributed by atoms with Crippen molar-refractivity contribution in [2.75, 3.05) is 0 Å². The summed E-state index contributed by atoms with van der Waals surface area (Å²) in [6, 6.07) is 23.6. The van der Waals surface area contributed by atoms with Crippen molar-refractivity contribution >= 4 is 16.7 Å². The van der Waals surface area contributed by atoms with E-state index in [9.17, 15) is 0 Å². The van der Waals surface area contributed by atoms with Crippen LogP contribution in [0.25, 0.3) is 45.2 Å². The molecule has 0 saturated heterocycles. The van der Waals surface area contributed by atoms with Gasteiger partial charge < -0.3 is 4.42 Å². The monoisotopic (exact) mass is 378 g/mol. The number of hydrogen-bond donors (Lipinski definition) is 0. The van der Waals surface area contributed by atoms with Gasteiger partial charge in [-0.05, 0) is 24.3 Å². The molecule has 7 nitrogen and oxygen atoms in total. The summed E-state index contributed by atoms with van der Waals surface area (Å²) in [6.45, 7) is 0. The lowest BCUT2D eigenvalue weighted by atomic mass is 10.1. The average molecular weight is 378 g/mol. The van der Waals surface area contributed by atoms with Gasteiger partial charge in [-0.15, -0.1) is 5.10 Å². The molecule has 0 N–H and O–H groups in total. The summed E-state index contributed by atoms with van der Waals surface area (Å²) in [5.74, 6) is 1.12. The van der Waals surface area contributed by atoms with Crippen LogP contribution in [0, 0.1) is 0 Å². The zero-order chi connectivity index (χ0) is 19.2. The molecule has 138 valence electrons. The largest absolute Gasteiger partial charge is 0.461 e. The molecule has 0 saturated carbocycles. The van der Waals surface area contributed by atoms with Crippen LogP contribution in [0.15, 0.2) is 89.8 Å². The van der Waals surface area contributed by atoms with Crippen molar-refractivity contribution < 1.29 is 4.42 Å². The van der Waals surface area contributed by atoms with Crippen molar-refractivity contribution in [2.45, 2.75) is 0 Å². The highest BCUT2D eigenvalue weighted by atomic mass is 16.3. The lowest BCUT2D eigenvalue weighted by Gasteiger charge is -2.01. The van der Waals surface area contributed by atoms with Gasteiger partial charge in [-0.25, -0.2) is 19.2 Å². The highest BCUT2D eigenvalue weighted by Crippen LogP contribution is 2.32. The zero-order valence-electron chi connectivity index (χ0n) is 15.2. The third-order valence-electron chi connectivity index (χ3n) is 4.79. The van der Waals surface area contributed by atoms with Gasteiger partial charge >= 0.3 is 0 Å². The molecule has 0 amide bonds. The van der Waals surface area contributed by atoms with Crippen molar-refractivity contribution in [3.8, 4) is 28.5 Å². The van der Waals surface area contributed by atoms with Crippen molar-refractivity contribution in [1.29, 1.82) is 0 Å². The van der Waals surface area contributed by atoms with Gasteiger partial charge in [-0.3, -0.25) is 0 Å². The highest BCUT2D eigenvalue weighted by Gasteiger charge is 2.21. The van der Waals surface area contributed by atoms with Gasteiger partial charge in [-0.1, -0.05) is 48.5 Å². The summed E-state index contributed by atoms with van der Waals surface area (Å²) < 4.78 is 8.99. The van der Waals surface area contributed by atoms with E-state index in [1.54, 1.807) is 17.1 Å². The van der Waals surface area contributed by atoms with Crippen LogP contribution in [0.4, 0.5) is 0 Å². The van der Waals surface area contributed by atoms with Crippen molar-refractivity contribution in [3.63, 3.8) is 0 Å². The molecule has 4 heterocycles. The number of rotatable bonds is 3. The maximum absolute atomic E-state index is 5.47. The molecule has 6 rings (SSSR count). The molecule has 0 unspecified atom stereocenters. The maximum Gasteiger partial charge on any atom is 0.217 e. The van der Waals surface area contributed by atoms with Gasteiger partial charge in [0.25, 0.3) is 0 Å². The van der Waals surface area contributed by atoms with Gasteiger partial charge in [0.05, 0.1) is 17.3 Å². The van der Waals surface area contributed by atoms with E-state index in [1.807, 2.05) is 77.5 Å². The predicted octanol–water partition coefficient (Wildman–Crippen LogP) is 4.39. The third-order valence-corrected chi connectivity index (χ3v) is 4.79. The molecular weight excluding hydrogens is 364 g/mol. The Morgan fingerprint density at radius 3 is 2.31 bits per heavy atom. The summed E-state index contributed by atoms with van der Waals surface area (Å²) >= 11 is 0. The van der Waals surface area contributed by atoms with Crippen LogP contribution in [-0.4, -0.2) is 29.4 Å². The minimum absolute atomic E-state index is 0.510. The fraction of sp³-hybridized carbons (Fsp3) is 0. The second kappa shape index (κ2) is 6.13. The first-order valence-electron chi connectivity index (χ1n) is 9.17. The van der Waals surface area contributed by atoms with Gasteiger partial charge in [0.2, 0.25) is 5.82 Å². The predicted molar refractivity (Wildman–Crippen MR) is 109 cm³/mol. The summed E-state index contributed by atoms with van der Waals surface area (Å²) in [7, 11) is 0. The second-order valence-corrected chi connectivity index (χ2v) is 6.59. The number of fused-ring (bicyclic) bond motifs is 3. The van der Waals surface area contributed by atoms with Crippen LogP contribution in [-0.2, 0) is 0 Å². The Labute approximate surface area is 164 Å². The molecule has 0 atom stereocenters. The van der Waals surface area contributed by atoms with E-state index in [-0.39, 0.29) is 0 Å². The van der Waals surface area contributed by atoms with Gasteiger partial charge in [0.15, 0.2) is 17.1 Å². The lowest BCUT2D eigenvalue weighted by molar-refractivity contribution is 0.577. The molecule has 6 aromatic rings. The van der Waals surface area contributed by atoms with E-state index in [4.69, 9.17) is 14.5 Å². The lowest BCUT2D eigenvalue weighted by Crippen LogP contribution is -1.98. The van der Waals surface area contributed by atoms with Gasteiger partial charge in [0, 0.05) is 5.56 Å². The standard InChI is InChI=1S/C22H14N6O/c1-3-8-15(9-4-1)19-18-21(28(25-19)16-10-5-2-6-11-16)23-14-27-22(18)24-20(26-27)17-12-7-13-29-17/h1-14H. The summed E-state index contributed by atoms with van der Waals surface area (Å²) in [5.41, 5.74) is 4.14. The quantitative estimate of drug-likeness (QED) is 0.457. The molecular formula is C22H14N6O. The third kappa shape index (κ3) is 2.45. The highest BCUT2D eigenvalue weighted by molar-refractivity contribution is 6.01. The molecule has 0 aliphatic rings. The fourth-order valence-corrected chi connectivity index (χ4v) is 3.48. The first-order chi connectivity index (χ1) is 14.4. The zero-order valence-corrected chi connectivity index (χ0v) is 15.2. The van der Waals surface area contributed by atoms with Crippen LogP contribution < -0.4 is 0 Å². The van der Waals surface area contributed by atoms with Crippen LogP contribution >= 0.6 is 0 Å². The van der Waals surface area contributed by atoms with Crippen molar-refractivity contribution in [2.24, 2.45) is 0 Å². The molecule has 0 aliphatic carbocycles. The van der Waals surface area contributed by atoms with E-state index >= 15 is 0 Å². The van der Waals surface area contributed by atoms with Gasteiger partial charge in [0.1, 0.15) is 12.0 Å². The number of para-hydroxylation sites is 1. The van der Waals surface area contributed by atoms with E-state index in [0.717, 1.165) is 28.0 Å². The van der Waals surface area contributed by atoms with Crippen molar-refractivity contribution in [1.82, 2.24) is 29.4 Å². The maximum atomic E-state index is 5.47. The second-order valence-electron chi connectivity index (χ2n) is 6.59. The van der Waals surface area contributed by atoms with E-state index in [2.05, 4.69) is 10.1 Å². The first kappa shape index (κ1) is 15.8. The molecule has 2 aromatic carbocycles. The Hall–Kier alpha value is -4.26. The average Bonchev–Trinajstić information content (AvgIpc) is 3.52. The van der Waals surface area contributed by atoms with Crippen LogP contribution in [0.5, 0.6) is 0 Å². The smallest absolute Gasteiger partial charge is 0.217 e. The van der Waals surface area contributed by atoms with Crippen LogP contribution in [0.1, 0.15) is 0 Å². The number of nitrogens with zero attached hydrogens (tertiary/aromatic N) is 6. The minimum Gasteiger partial charge on any atom is -0.461 e. The molecule has 0 spiro atoms. The Kier molecular flexibility index (Phi) is 3.33.